The van der Waals surface area contributed by atoms with E-state index in [4.69, 9.17) is 4.99 Å². The van der Waals surface area contributed by atoms with E-state index in [0.717, 1.165) is 70.8 Å². The number of hydrogen-bond donors (Lipinski definition) is 1. The van der Waals surface area contributed by atoms with E-state index in [9.17, 15) is 0 Å². The number of nitrogens with one attached hydrogen (secondary N) is 1. The number of nitrogens with zero attached hydrogens (tertiary/aromatic N) is 6. The van der Waals surface area contributed by atoms with Crippen molar-refractivity contribution in [2.45, 2.75) is 27.2 Å². The van der Waals surface area contributed by atoms with E-state index in [1.165, 1.54) is 6.42 Å². The summed E-state index contributed by atoms with van der Waals surface area (Å²) in [7, 11) is 0. The summed E-state index contributed by atoms with van der Waals surface area (Å²) in [5.41, 5.74) is 0.395. The van der Waals surface area contributed by atoms with Gasteiger partial charge in [-0.2, -0.15) is 0 Å². The quantitative estimate of drug-likeness (QED) is 0.389. The van der Waals surface area contributed by atoms with Crippen LogP contribution in [0.15, 0.2) is 23.5 Å². The topological polar surface area (TPSA) is 59.9 Å². The number of halogens is 1. The molecular weight excluding hydrogens is 453 g/mol. The third-order valence-corrected chi connectivity index (χ3v) is 5.20. The van der Waals surface area contributed by atoms with Crippen LogP contribution in [-0.4, -0.2) is 84.6 Å². The maximum absolute atomic E-state index is 4.88. The summed E-state index contributed by atoms with van der Waals surface area (Å²) in [4.78, 5) is 20.7. The van der Waals surface area contributed by atoms with Gasteiger partial charge in [-0.1, -0.05) is 13.8 Å². The fourth-order valence-corrected chi connectivity index (χ4v) is 3.64. The van der Waals surface area contributed by atoms with Gasteiger partial charge in [0.15, 0.2) is 5.96 Å². The summed E-state index contributed by atoms with van der Waals surface area (Å²) in [6.45, 7) is 15.8. The number of piperazine rings is 1. The van der Waals surface area contributed by atoms with Crippen LogP contribution in [0, 0.1) is 5.41 Å². The Bertz CT molecular complexity index is 585. The first-order valence-corrected chi connectivity index (χ1v) is 9.85. The van der Waals surface area contributed by atoms with Crippen LogP contribution in [0.25, 0.3) is 0 Å². The van der Waals surface area contributed by atoms with E-state index in [2.05, 4.69) is 50.8 Å². The van der Waals surface area contributed by atoms with Crippen molar-refractivity contribution in [2.75, 3.05) is 63.8 Å². The lowest BCUT2D eigenvalue weighted by Gasteiger charge is -2.34. The van der Waals surface area contributed by atoms with E-state index in [0.29, 0.717) is 5.41 Å². The number of aliphatic imine (C=N–C) groups is 1. The van der Waals surface area contributed by atoms with Crippen LogP contribution in [0.4, 0.5) is 5.95 Å². The van der Waals surface area contributed by atoms with Crippen LogP contribution >= 0.6 is 24.0 Å². The van der Waals surface area contributed by atoms with Crippen LogP contribution in [0.1, 0.15) is 27.2 Å². The molecule has 0 aliphatic carbocycles. The standard InChI is InChI=1S/C19H33N7.HI/c1-4-20-17(26-10-6-19(2,3)16-26)23-9-11-24-12-14-25(15-13-24)18-21-7-5-8-22-18;/h5,7-8H,4,6,9-16H2,1-3H3,(H,20,23);1H. The van der Waals surface area contributed by atoms with Crippen LogP contribution < -0.4 is 10.2 Å². The Hall–Kier alpha value is -1.16. The molecule has 2 saturated heterocycles. The lowest BCUT2D eigenvalue weighted by Crippen LogP contribution is -2.48. The highest BCUT2D eigenvalue weighted by molar-refractivity contribution is 14.0. The highest BCUT2D eigenvalue weighted by Gasteiger charge is 2.30. The van der Waals surface area contributed by atoms with Crippen molar-refractivity contribution in [1.29, 1.82) is 0 Å². The summed E-state index contributed by atoms with van der Waals surface area (Å²) in [5, 5.41) is 3.46. The average Bonchev–Trinajstić information content (AvgIpc) is 3.02. The number of likely N-dealkylation sites (tertiary alicyclic amines) is 1. The Morgan fingerprint density at radius 2 is 1.85 bits per heavy atom. The Balaban J connectivity index is 0.00000261. The second-order valence-electron chi connectivity index (χ2n) is 7.95. The first kappa shape index (κ1) is 22.1. The van der Waals surface area contributed by atoms with Crippen LogP contribution in [0.2, 0.25) is 0 Å². The number of guanidine groups is 1. The van der Waals surface area contributed by atoms with E-state index in [-0.39, 0.29) is 24.0 Å². The minimum Gasteiger partial charge on any atom is -0.357 e. The number of rotatable bonds is 5. The molecule has 0 atom stereocenters. The zero-order valence-corrected chi connectivity index (χ0v) is 19.2. The minimum atomic E-state index is 0. The molecule has 2 aliphatic rings. The fourth-order valence-electron chi connectivity index (χ4n) is 3.64. The van der Waals surface area contributed by atoms with E-state index in [1.54, 1.807) is 0 Å². The summed E-state index contributed by atoms with van der Waals surface area (Å²) in [6.07, 6.45) is 4.86. The monoisotopic (exact) mass is 487 g/mol. The SMILES string of the molecule is CCNC(=NCCN1CCN(c2ncccn2)CC1)N1CCC(C)(C)C1.I. The largest absolute Gasteiger partial charge is 0.357 e. The molecule has 0 aromatic carbocycles. The van der Waals surface area contributed by atoms with Gasteiger partial charge in [-0.3, -0.25) is 9.89 Å². The van der Waals surface area contributed by atoms with Crippen LogP contribution in [0.5, 0.6) is 0 Å². The molecule has 8 heteroatoms. The molecule has 27 heavy (non-hydrogen) atoms. The normalized spacial score (nSPS) is 20.5. The molecule has 1 N–H and O–H groups in total. The zero-order valence-electron chi connectivity index (χ0n) is 16.9. The first-order chi connectivity index (χ1) is 12.6. The van der Waals surface area contributed by atoms with Crippen LogP contribution in [0.3, 0.4) is 0 Å². The molecule has 1 aromatic rings. The third kappa shape index (κ3) is 6.44. The van der Waals surface area contributed by atoms with Gasteiger partial charge in [-0.05, 0) is 24.8 Å². The van der Waals surface area contributed by atoms with Crippen molar-refractivity contribution in [3.05, 3.63) is 18.5 Å². The molecule has 0 unspecified atom stereocenters. The molecule has 0 spiro atoms. The van der Waals surface area contributed by atoms with Gasteiger partial charge < -0.3 is 15.1 Å². The van der Waals surface area contributed by atoms with Crippen molar-refractivity contribution in [3.8, 4) is 0 Å². The van der Waals surface area contributed by atoms with Crippen molar-refractivity contribution in [1.82, 2.24) is 25.1 Å². The predicted octanol–water partition coefficient (Wildman–Crippen LogP) is 1.91. The van der Waals surface area contributed by atoms with E-state index in [1.807, 2.05) is 18.5 Å². The summed E-state index contributed by atoms with van der Waals surface area (Å²) >= 11 is 0. The first-order valence-electron chi connectivity index (χ1n) is 9.85. The van der Waals surface area contributed by atoms with Gasteiger partial charge in [0.25, 0.3) is 0 Å². The minimum absolute atomic E-state index is 0. The lowest BCUT2D eigenvalue weighted by molar-refractivity contribution is 0.263. The average molecular weight is 487 g/mol. The Labute approximate surface area is 180 Å². The molecule has 3 heterocycles. The maximum Gasteiger partial charge on any atom is 0.225 e. The Morgan fingerprint density at radius 3 is 2.44 bits per heavy atom. The third-order valence-electron chi connectivity index (χ3n) is 5.20. The van der Waals surface area contributed by atoms with Crippen molar-refractivity contribution in [3.63, 3.8) is 0 Å². The predicted molar refractivity (Wildman–Crippen MR) is 122 cm³/mol. The molecule has 7 nitrogen and oxygen atoms in total. The molecule has 2 fully saturated rings. The van der Waals surface area contributed by atoms with Gasteiger partial charge in [0.05, 0.1) is 6.54 Å². The molecule has 0 amide bonds. The number of anilines is 1. The van der Waals surface area contributed by atoms with Gasteiger partial charge in [0.1, 0.15) is 0 Å². The smallest absolute Gasteiger partial charge is 0.225 e. The van der Waals surface area contributed by atoms with Crippen LogP contribution in [-0.2, 0) is 0 Å². The second-order valence-corrected chi connectivity index (χ2v) is 7.95. The molecule has 0 bridgehead atoms. The Morgan fingerprint density at radius 1 is 1.15 bits per heavy atom. The molecule has 3 rings (SSSR count). The van der Waals surface area contributed by atoms with Crippen molar-refractivity contribution < 1.29 is 0 Å². The second kappa shape index (κ2) is 10.4. The highest BCUT2D eigenvalue weighted by atomic mass is 127. The van der Waals surface area contributed by atoms with Gasteiger partial charge in [0.2, 0.25) is 5.95 Å². The maximum atomic E-state index is 4.88. The van der Waals surface area contributed by atoms with Gasteiger partial charge in [-0.15, -0.1) is 24.0 Å². The van der Waals surface area contributed by atoms with Gasteiger partial charge in [0, 0.05) is 64.8 Å². The molecule has 0 radical (unpaired) electrons. The van der Waals surface area contributed by atoms with E-state index < -0.39 is 0 Å². The lowest BCUT2D eigenvalue weighted by atomic mass is 9.93. The molecule has 1 aromatic heterocycles. The highest BCUT2D eigenvalue weighted by Crippen LogP contribution is 2.28. The molecular formula is C19H34IN7. The van der Waals surface area contributed by atoms with Crippen molar-refractivity contribution in [2.24, 2.45) is 10.4 Å². The zero-order chi connectivity index (χ0) is 18.4. The molecule has 2 aliphatic heterocycles. The Kier molecular flexibility index (Phi) is 8.53. The number of aromatic nitrogens is 2. The number of hydrogen-bond acceptors (Lipinski definition) is 5. The van der Waals surface area contributed by atoms with Gasteiger partial charge >= 0.3 is 0 Å². The van der Waals surface area contributed by atoms with Gasteiger partial charge in [-0.25, -0.2) is 9.97 Å². The fraction of sp³-hybridized carbons (Fsp3) is 0.737. The summed E-state index contributed by atoms with van der Waals surface area (Å²) in [6, 6.07) is 1.86. The summed E-state index contributed by atoms with van der Waals surface area (Å²) in [5.74, 6) is 1.92. The summed E-state index contributed by atoms with van der Waals surface area (Å²) < 4.78 is 0. The van der Waals surface area contributed by atoms with Crippen molar-refractivity contribution >= 4 is 35.9 Å². The molecule has 152 valence electrons. The van der Waals surface area contributed by atoms with E-state index >= 15 is 0 Å². The molecule has 0 saturated carbocycles.